The van der Waals surface area contributed by atoms with Gasteiger partial charge < -0.3 is 4.74 Å². The summed E-state index contributed by atoms with van der Waals surface area (Å²) in [4.78, 5) is 0. The molecule has 0 aliphatic carbocycles. The van der Waals surface area contributed by atoms with Gasteiger partial charge in [-0.05, 0) is 11.8 Å². The summed E-state index contributed by atoms with van der Waals surface area (Å²) in [6.45, 7) is -1.17. The fourth-order valence-electron chi connectivity index (χ4n) is 2.69. The summed E-state index contributed by atoms with van der Waals surface area (Å²) in [6.07, 6.45) is -10.2. The number of hydrogen-bond acceptors (Lipinski definition) is 1. The fourth-order valence-corrected chi connectivity index (χ4v) is 3.67. The predicted molar refractivity (Wildman–Crippen MR) is 82.0 cm³/mol. The lowest BCUT2D eigenvalue weighted by molar-refractivity contribution is -0.462. The molecule has 2 atom stereocenters. The van der Waals surface area contributed by atoms with E-state index in [9.17, 15) is 74.6 Å². The van der Waals surface area contributed by atoms with Crippen LogP contribution in [0.15, 0.2) is 0 Å². The monoisotopic (exact) mass is 644 g/mol. The van der Waals surface area contributed by atoms with Crippen LogP contribution in [0.5, 0.6) is 0 Å². The first-order valence-corrected chi connectivity index (χ1v) is 9.65. The molecule has 0 aromatic carbocycles. The van der Waals surface area contributed by atoms with Crippen molar-refractivity contribution in [3.05, 3.63) is 0 Å². The van der Waals surface area contributed by atoms with E-state index in [0.717, 1.165) is 0 Å². The summed E-state index contributed by atoms with van der Waals surface area (Å²) in [5.41, 5.74) is 0. The van der Waals surface area contributed by atoms with Crippen LogP contribution in [-0.2, 0) is 4.74 Å². The number of alkyl halides is 18. The van der Waals surface area contributed by atoms with Crippen molar-refractivity contribution in [1.82, 2.24) is 0 Å². The maximum atomic E-state index is 13.9. The van der Waals surface area contributed by atoms with Crippen molar-refractivity contribution in [1.29, 1.82) is 0 Å². The first kappa shape index (κ1) is 30.5. The first-order valence-electron chi connectivity index (χ1n) is 8.13. The molecule has 1 heterocycles. The maximum absolute atomic E-state index is 13.9. The average molecular weight is 644 g/mol. The highest BCUT2D eigenvalue weighted by molar-refractivity contribution is 14.1. The third kappa shape index (κ3) is 4.34. The van der Waals surface area contributed by atoms with Crippen molar-refractivity contribution in [2.45, 2.75) is 54.1 Å². The molecule has 1 rings (SSSR count). The van der Waals surface area contributed by atoms with Gasteiger partial charge in [0.1, 0.15) is 0 Å². The second-order valence-electron chi connectivity index (χ2n) is 7.06. The van der Waals surface area contributed by atoms with Gasteiger partial charge in [0.25, 0.3) is 0 Å². The molecular weight excluding hydrogens is 634 g/mol. The SMILES string of the molecule is FC(F)(F)C(F)(F)C(F)(F)C(F)(F)C(F)(F)C(F)(F)C(F)(F)C(F)(F)C[C@@H]1COC[C@H]1CI. The van der Waals surface area contributed by atoms with Crippen LogP contribution in [0, 0.1) is 11.8 Å². The van der Waals surface area contributed by atoms with Crippen LogP contribution in [0.1, 0.15) is 6.42 Å². The molecule has 198 valence electrons. The topological polar surface area (TPSA) is 9.23 Å². The highest BCUT2D eigenvalue weighted by atomic mass is 127. The molecule has 33 heavy (non-hydrogen) atoms. The van der Waals surface area contributed by atoms with Crippen LogP contribution in [0.25, 0.3) is 0 Å². The molecule has 0 amide bonds. The van der Waals surface area contributed by atoms with E-state index in [2.05, 4.69) is 4.74 Å². The Bertz CT molecular complexity index is 700. The molecule has 0 bridgehead atoms. The first-order chi connectivity index (χ1) is 14.3. The normalized spacial score (nSPS) is 22.7. The highest BCUT2D eigenvalue weighted by Gasteiger charge is 2.95. The van der Waals surface area contributed by atoms with Gasteiger partial charge in [-0.3, -0.25) is 0 Å². The van der Waals surface area contributed by atoms with Crippen LogP contribution in [0.4, 0.5) is 74.6 Å². The van der Waals surface area contributed by atoms with Gasteiger partial charge in [0, 0.05) is 17.5 Å². The smallest absolute Gasteiger partial charge is 0.381 e. The Balaban J connectivity index is 3.50. The van der Waals surface area contributed by atoms with E-state index in [1.807, 2.05) is 0 Å². The Labute approximate surface area is 186 Å². The van der Waals surface area contributed by atoms with E-state index < -0.39 is 72.5 Å². The minimum atomic E-state index is -8.59. The second-order valence-corrected chi connectivity index (χ2v) is 7.95. The van der Waals surface area contributed by atoms with Gasteiger partial charge in [0.2, 0.25) is 0 Å². The molecular formula is C14H10F17IO. The van der Waals surface area contributed by atoms with Gasteiger partial charge >= 0.3 is 47.6 Å². The zero-order chi connectivity index (χ0) is 26.7. The zero-order valence-corrected chi connectivity index (χ0v) is 17.4. The van der Waals surface area contributed by atoms with Crippen molar-refractivity contribution in [2.75, 3.05) is 17.6 Å². The summed E-state index contributed by atoms with van der Waals surface area (Å²) >= 11 is 1.51. The largest absolute Gasteiger partial charge is 0.460 e. The van der Waals surface area contributed by atoms with Gasteiger partial charge in [-0.1, -0.05) is 22.6 Å². The molecule has 0 radical (unpaired) electrons. The minimum absolute atomic E-state index is 0.118. The molecule has 0 saturated carbocycles. The van der Waals surface area contributed by atoms with E-state index in [1.165, 1.54) is 22.6 Å². The molecule has 0 aromatic heterocycles. The molecule has 1 saturated heterocycles. The summed E-state index contributed by atoms with van der Waals surface area (Å²) in [5.74, 6) is -58.7. The lowest BCUT2D eigenvalue weighted by Crippen LogP contribution is -2.74. The average Bonchev–Trinajstić information content (AvgIpc) is 3.06. The van der Waals surface area contributed by atoms with Gasteiger partial charge in [-0.15, -0.1) is 0 Å². The lowest BCUT2D eigenvalue weighted by atomic mass is 9.84. The van der Waals surface area contributed by atoms with E-state index in [0.29, 0.717) is 0 Å². The fraction of sp³-hybridized carbons (Fsp3) is 1.00. The van der Waals surface area contributed by atoms with E-state index in [1.54, 1.807) is 0 Å². The third-order valence-electron chi connectivity index (χ3n) is 4.83. The Kier molecular flexibility index (Phi) is 7.92. The summed E-state index contributed by atoms with van der Waals surface area (Å²) in [6, 6.07) is 0. The number of rotatable bonds is 9. The third-order valence-corrected chi connectivity index (χ3v) is 5.97. The molecule has 1 nitrogen and oxygen atoms in total. The van der Waals surface area contributed by atoms with E-state index in [-0.39, 0.29) is 11.0 Å². The number of hydrogen-bond donors (Lipinski definition) is 0. The van der Waals surface area contributed by atoms with E-state index >= 15 is 0 Å². The molecule has 19 heteroatoms. The van der Waals surface area contributed by atoms with Crippen molar-refractivity contribution < 1.29 is 79.4 Å². The Morgan fingerprint density at radius 2 is 0.848 bits per heavy atom. The Morgan fingerprint density at radius 3 is 1.21 bits per heavy atom. The van der Waals surface area contributed by atoms with Crippen LogP contribution >= 0.6 is 22.6 Å². The van der Waals surface area contributed by atoms with Crippen molar-refractivity contribution in [2.24, 2.45) is 11.8 Å². The maximum Gasteiger partial charge on any atom is 0.460 e. The van der Waals surface area contributed by atoms with Gasteiger partial charge in [0.05, 0.1) is 6.61 Å². The highest BCUT2D eigenvalue weighted by Crippen LogP contribution is 2.64. The molecule has 0 N–H and O–H groups in total. The van der Waals surface area contributed by atoms with Crippen molar-refractivity contribution >= 4 is 22.6 Å². The van der Waals surface area contributed by atoms with Gasteiger partial charge in [-0.25, -0.2) is 0 Å². The standard InChI is InChI=1S/C14H10F17IO/c15-7(16,1-5-3-33-4-6(5)2-32)8(17,18)9(19,20)10(21,22)11(23,24)12(25,26)13(27,28)14(29,30)31/h5-6H,1-4H2/t5-,6-/m1/s1. The lowest BCUT2D eigenvalue weighted by Gasteiger charge is -2.43. The zero-order valence-electron chi connectivity index (χ0n) is 15.2. The molecule has 1 aliphatic rings. The van der Waals surface area contributed by atoms with Crippen molar-refractivity contribution in [3.8, 4) is 0 Å². The number of ether oxygens (including phenoxy) is 1. The Hall–Kier alpha value is -0.500. The molecule has 0 aromatic rings. The van der Waals surface area contributed by atoms with Crippen LogP contribution in [-0.4, -0.2) is 65.3 Å². The summed E-state index contributed by atoms with van der Waals surface area (Å²) < 4.78 is 229. The molecule has 1 aliphatic heterocycles. The number of halogens is 18. The second kappa shape index (κ2) is 8.56. The van der Waals surface area contributed by atoms with E-state index in [4.69, 9.17) is 0 Å². The van der Waals surface area contributed by atoms with Crippen molar-refractivity contribution in [3.63, 3.8) is 0 Å². The van der Waals surface area contributed by atoms with Crippen LogP contribution in [0.2, 0.25) is 0 Å². The molecule has 0 spiro atoms. The quantitative estimate of drug-likeness (QED) is 0.148. The van der Waals surface area contributed by atoms with Crippen LogP contribution < -0.4 is 0 Å². The minimum Gasteiger partial charge on any atom is -0.381 e. The summed E-state index contributed by atoms with van der Waals surface area (Å²) in [7, 11) is 0. The van der Waals surface area contributed by atoms with Gasteiger partial charge in [0.15, 0.2) is 0 Å². The Morgan fingerprint density at radius 1 is 0.515 bits per heavy atom. The predicted octanol–water partition coefficient (Wildman–Crippen LogP) is 7.08. The molecule has 1 fully saturated rings. The van der Waals surface area contributed by atoms with Gasteiger partial charge in [-0.2, -0.15) is 74.6 Å². The van der Waals surface area contributed by atoms with Crippen LogP contribution in [0.3, 0.4) is 0 Å². The molecule has 0 unspecified atom stereocenters. The summed E-state index contributed by atoms with van der Waals surface area (Å²) in [5, 5.41) is 0.